The summed E-state index contributed by atoms with van der Waals surface area (Å²) in [6.45, 7) is 0.281. The van der Waals surface area contributed by atoms with Crippen molar-refractivity contribution in [1.29, 1.82) is 0 Å². The molecule has 1 fully saturated rings. The smallest absolute Gasteiger partial charge is 0.376 e. The number of rotatable bonds is 4. The van der Waals surface area contributed by atoms with Crippen molar-refractivity contribution >= 4 is 5.97 Å². The van der Waals surface area contributed by atoms with Gasteiger partial charge in [0, 0.05) is 12.3 Å². The van der Waals surface area contributed by atoms with Gasteiger partial charge in [-0.15, -0.1) is 0 Å². The van der Waals surface area contributed by atoms with Crippen molar-refractivity contribution in [1.82, 2.24) is 0 Å². The second-order valence-corrected chi connectivity index (χ2v) is 3.98. The highest BCUT2D eigenvalue weighted by molar-refractivity contribution is 5.76. The van der Waals surface area contributed by atoms with E-state index in [0.29, 0.717) is 6.92 Å². The van der Waals surface area contributed by atoms with Crippen molar-refractivity contribution in [3.05, 3.63) is 0 Å². The fraction of sp³-hybridized carbons (Fsp3) is 0.889. The lowest BCUT2D eigenvalue weighted by Gasteiger charge is -2.39. The van der Waals surface area contributed by atoms with Crippen LogP contribution in [0, 0.1) is 5.41 Å². The number of alkyl halides is 2. The lowest BCUT2D eigenvalue weighted by molar-refractivity contribution is -0.176. The van der Waals surface area contributed by atoms with Crippen molar-refractivity contribution in [2.75, 3.05) is 13.2 Å². The number of carbonyl (C=O) groups is 1. The number of halogens is 2. The molecular weight excluding hydrogens is 194 g/mol. The zero-order valence-electron chi connectivity index (χ0n) is 8.06. The minimum Gasteiger partial charge on any atom is -0.461 e. The Morgan fingerprint density at radius 1 is 1.57 bits per heavy atom. The number of aliphatic hydroxyl groups excluding tert-OH is 1. The lowest BCUT2D eigenvalue weighted by Crippen LogP contribution is -2.40. The first-order valence-corrected chi connectivity index (χ1v) is 4.56. The first-order valence-electron chi connectivity index (χ1n) is 4.56. The molecule has 0 heterocycles. The van der Waals surface area contributed by atoms with Crippen LogP contribution in [0.3, 0.4) is 0 Å². The summed E-state index contributed by atoms with van der Waals surface area (Å²) in [7, 11) is 0. The van der Waals surface area contributed by atoms with Gasteiger partial charge in [0.1, 0.15) is 0 Å². The molecular formula is C9H14F2O3. The van der Waals surface area contributed by atoms with Gasteiger partial charge in [0.15, 0.2) is 0 Å². The summed E-state index contributed by atoms with van der Waals surface area (Å²) >= 11 is 0. The molecule has 14 heavy (non-hydrogen) atoms. The fourth-order valence-corrected chi connectivity index (χ4v) is 1.37. The summed E-state index contributed by atoms with van der Waals surface area (Å²) < 4.78 is 29.2. The number of esters is 1. The Hall–Kier alpha value is -0.710. The van der Waals surface area contributed by atoms with E-state index in [1.807, 2.05) is 0 Å². The molecule has 0 atom stereocenters. The van der Waals surface area contributed by atoms with Crippen molar-refractivity contribution in [3.8, 4) is 0 Å². The summed E-state index contributed by atoms with van der Waals surface area (Å²) in [6, 6.07) is 0. The molecule has 0 radical (unpaired) electrons. The summed E-state index contributed by atoms with van der Waals surface area (Å²) in [5.41, 5.74) is -0.457. The van der Waals surface area contributed by atoms with Gasteiger partial charge in [0.25, 0.3) is 0 Å². The number of hydrogen-bond donors (Lipinski definition) is 1. The normalized spacial score (nSPS) is 20.0. The van der Waals surface area contributed by atoms with Gasteiger partial charge < -0.3 is 9.84 Å². The Kier molecular flexibility index (Phi) is 3.09. The molecule has 0 aliphatic heterocycles. The largest absolute Gasteiger partial charge is 0.461 e. The summed E-state index contributed by atoms with van der Waals surface area (Å²) in [5.74, 6) is -4.96. The monoisotopic (exact) mass is 208 g/mol. The second kappa shape index (κ2) is 3.81. The van der Waals surface area contributed by atoms with Crippen LogP contribution in [0.1, 0.15) is 26.2 Å². The van der Waals surface area contributed by atoms with E-state index < -0.39 is 17.3 Å². The predicted octanol–water partition coefficient (Wildman–Crippen LogP) is 1.35. The van der Waals surface area contributed by atoms with Crippen molar-refractivity contribution in [2.24, 2.45) is 5.41 Å². The van der Waals surface area contributed by atoms with E-state index >= 15 is 0 Å². The van der Waals surface area contributed by atoms with Gasteiger partial charge in [-0.25, -0.2) is 4.79 Å². The molecule has 0 amide bonds. The van der Waals surface area contributed by atoms with Crippen LogP contribution < -0.4 is 0 Å². The zero-order valence-corrected chi connectivity index (χ0v) is 8.06. The number of carbonyl (C=O) groups excluding carboxylic acids is 1. The number of ether oxygens (including phenoxy) is 1. The van der Waals surface area contributed by atoms with Crippen LogP contribution in [-0.4, -0.2) is 30.2 Å². The van der Waals surface area contributed by atoms with E-state index in [1.165, 1.54) is 0 Å². The van der Waals surface area contributed by atoms with Gasteiger partial charge in [-0.2, -0.15) is 8.78 Å². The second-order valence-electron chi connectivity index (χ2n) is 3.98. The van der Waals surface area contributed by atoms with Crippen LogP contribution >= 0.6 is 0 Å². The van der Waals surface area contributed by atoms with Gasteiger partial charge in [0.05, 0.1) is 13.2 Å². The molecule has 1 N–H and O–H groups in total. The molecule has 0 saturated heterocycles. The third kappa shape index (κ3) is 2.41. The molecule has 3 nitrogen and oxygen atoms in total. The van der Waals surface area contributed by atoms with Gasteiger partial charge in [-0.3, -0.25) is 0 Å². The summed E-state index contributed by atoms with van der Waals surface area (Å²) in [6.07, 6.45) is 2.40. The van der Waals surface area contributed by atoms with E-state index in [9.17, 15) is 13.6 Å². The van der Waals surface area contributed by atoms with E-state index in [0.717, 1.165) is 19.3 Å². The van der Waals surface area contributed by atoms with E-state index in [-0.39, 0.29) is 13.2 Å². The first-order chi connectivity index (χ1) is 6.40. The highest BCUT2D eigenvalue weighted by atomic mass is 19.3. The lowest BCUT2D eigenvalue weighted by atomic mass is 9.70. The minimum absolute atomic E-state index is 0.105. The number of hydrogen-bond acceptors (Lipinski definition) is 3. The van der Waals surface area contributed by atoms with E-state index in [1.54, 1.807) is 0 Å². The standard InChI is InChI=1S/C9H14F2O3/c1-8(10,11)7(13)14-6-9(5-12)3-2-4-9/h12H,2-6H2,1H3. The highest BCUT2D eigenvalue weighted by Crippen LogP contribution is 2.40. The topological polar surface area (TPSA) is 46.5 Å². The van der Waals surface area contributed by atoms with Gasteiger partial charge >= 0.3 is 11.9 Å². The van der Waals surface area contributed by atoms with Crippen LogP contribution in [-0.2, 0) is 9.53 Å². The molecule has 0 unspecified atom stereocenters. The van der Waals surface area contributed by atoms with Crippen LogP contribution in [0.15, 0.2) is 0 Å². The van der Waals surface area contributed by atoms with E-state index in [4.69, 9.17) is 5.11 Å². The molecule has 1 rings (SSSR count). The maximum Gasteiger partial charge on any atom is 0.376 e. The Labute approximate surface area is 81.1 Å². The van der Waals surface area contributed by atoms with Gasteiger partial charge in [-0.05, 0) is 12.8 Å². The molecule has 82 valence electrons. The molecule has 1 aliphatic rings. The molecule has 1 aliphatic carbocycles. The molecule has 0 bridgehead atoms. The van der Waals surface area contributed by atoms with Crippen molar-refractivity contribution < 1.29 is 23.4 Å². The zero-order chi connectivity index (χ0) is 10.8. The minimum atomic E-state index is -3.44. The summed E-state index contributed by atoms with van der Waals surface area (Å²) in [4.78, 5) is 10.7. The molecule has 0 aromatic carbocycles. The molecule has 5 heteroatoms. The molecule has 0 aromatic rings. The van der Waals surface area contributed by atoms with Crippen LogP contribution in [0.4, 0.5) is 8.78 Å². The first kappa shape index (κ1) is 11.4. The number of aliphatic hydroxyl groups is 1. The Morgan fingerprint density at radius 3 is 2.43 bits per heavy atom. The van der Waals surface area contributed by atoms with E-state index in [2.05, 4.69) is 4.74 Å². The molecule has 0 aromatic heterocycles. The average Bonchev–Trinajstić information content (AvgIpc) is 2.01. The fourth-order valence-electron chi connectivity index (χ4n) is 1.37. The summed E-state index contributed by atoms with van der Waals surface area (Å²) in [5, 5.41) is 8.97. The maximum absolute atomic E-state index is 12.4. The third-order valence-electron chi connectivity index (χ3n) is 2.62. The molecule has 1 saturated carbocycles. The SMILES string of the molecule is CC(F)(F)C(=O)OCC1(CO)CCC1. The van der Waals surface area contributed by atoms with Gasteiger partial charge in [0.2, 0.25) is 0 Å². The quantitative estimate of drug-likeness (QED) is 0.709. The Bertz CT molecular complexity index is 213. The van der Waals surface area contributed by atoms with Crippen molar-refractivity contribution in [2.45, 2.75) is 32.1 Å². The maximum atomic E-state index is 12.4. The Morgan fingerprint density at radius 2 is 2.14 bits per heavy atom. The third-order valence-corrected chi connectivity index (χ3v) is 2.62. The molecule has 0 spiro atoms. The highest BCUT2D eigenvalue weighted by Gasteiger charge is 2.41. The Balaban J connectivity index is 2.36. The predicted molar refractivity (Wildman–Crippen MR) is 44.9 cm³/mol. The van der Waals surface area contributed by atoms with Crippen LogP contribution in [0.5, 0.6) is 0 Å². The van der Waals surface area contributed by atoms with Gasteiger partial charge in [-0.1, -0.05) is 6.42 Å². The van der Waals surface area contributed by atoms with Crippen molar-refractivity contribution in [3.63, 3.8) is 0 Å². The van der Waals surface area contributed by atoms with Crippen LogP contribution in [0.2, 0.25) is 0 Å². The average molecular weight is 208 g/mol. The van der Waals surface area contributed by atoms with Crippen LogP contribution in [0.25, 0.3) is 0 Å².